The summed E-state index contributed by atoms with van der Waals surface area (Å²) < 4.78 is 15.2. The van der Waals surface area contributed by atoms with Crippen LogP contribution in [-0.2, 0) is 6.54 Å². The molecule has 2 aromatic carbocycles. The highest BCUT2D eigenvalue weighted by Gasteiger charge is 2.07. The lowest BCUT2D eigenvalue weighted by Crippen LogP contribution is -2.03. The molecule has 2 aromatic rings. The molecule has 4 heteroatoms. The molecule has 0 fully saturated rings. The third-order valence-electron chi connectivity index (χ3n) is 2.90. The van der Waals surface area contributed by atoms with Gasteiger partial charge >= 0.3 is 0 Å². The van der Waals surface area contributed by atoms with E-state index in [4.69, 9.17) is 0 Å². The van der Waals surface area contributed by atoms with E-state index in [1.165, 1.54) is 23.3 Å². The molecule has 0 aliphatic rings. The lowest BCUT2D eigenvalue weighted by molar-refractivity contribution is 0.625. The van der Waals surface area contributed by atoms with Gasteiger partial charge in [0.15, 0.2) is 0 Å². The van der Waals surface area contributed by atoms with E-state index in [9.17, 15) is 4.39 Å². The number of hydrogen-bond acceptors (Lipinski definition) is 1. The molecule has 0 spiro atoms. The molecule has 2 rings (SSSR count). The van der Waals surface area contributed by atoms with E-state index in [-0.39, 0.29) is 5.82 Å². The maximum Gasteiger partial charge on any atom is 0.123 e. The number of benzene rings is 2. The van der Waals surface area contributed by atoms with Crippen molar-refractivity contribution < 1.29 is 4.39 Å². The lowest BCUT2D eigenvalue weighted by atomic mass is 10.1. The zero-order valence-corrected chi connectivity index (χ0v) is 13.9. The molecule has 1 nitrogen and oxygen atoms in total. The van der Waals surface area contributed by atoms with Gasteiger partial charge in [-0.1, -0.05) is 22.0 Å². The first-order valence-electron chi connectivity index (χ1n) is 5.92. The van der Waals surface area contributed by atoms with E-state index >= 15 is 0 Å². The quantitative estimate of drug-likeness (QED) is 0.725. The molecule has 0 aliphatic carbocycles. The minimum absolute atomic E-state index is 0.223. The Morgan fingerprint density at radius 1 is 1.05 bits per heavy atom. The van der Waals surface area contributed by atoms with Gasteiger partial charge in [0.05, 0.1) is 5.69 Å². The fourth-order valence-corrected chi connectivity index (χ4v) is 3.20. The topological polar surface area (TPSA) is 12.0 Å². The summed E-state index contributed by atoms with van der Waals surface area (Å²) in [6, 6.07) is 8.89. The average molecular weight is 387 g/mol. The van der Waals surface area contributed by atoms with Gasteiger partial charge in [-0.25, -0.2) is 4.39 Å². The van der Waals surface area contributed by atoms with Crippen LogP contribution in [-0.4, -0.2) is 0 Å². The molecule has 19 heavy (non-hydrogen) atoms. The molecule has 0 amide bonds. The highest BCUT2D eigenvalue weighted by molar-refractivity contribution is 9.11. The average Bonchev–Trinajstić information content (AvgIpc) is 2.32. The monoisotopic (exact) mass is 385 g/mol. The molecule has 0 bridgehead atoms. The Labute approximate surface area is 129 Å². The summed E-state index contributed by atoms with van der Waals surface area (Å²) in [7, 11) is 0. The molecule has 0 aliphatic heterocycles. The fourth-order valence-electron chi connectivity index (χ4n) is 2.00. The van der Waals surface area contributed by atoms with Crippen molar-refractivity contribution in [3.8, 4) is 0 Å². The maximum absolute atomic E-state index is 13.2. The maximum atomic E-state index is 13.2. The summed E-state index contributed by atoms with van der Waals surface area (Å²) in [6.45, 7) is 4.69. The van der Waals surface area contributed by atoms with Gasteiger partial charge in [-0.05, 0) is 70.7 Å². The molecular formula is C15H14Br2FN. The molecule has 0 aromatic heterocycles. The first-order chi connectivity index (χ1) is 8.97. The van der Waals surface area contributed by atoms with Crippen LogP contribution in [0, 0.1) is 19.7 Å². The van der Waals surface area contributed by atoms with Gasteiger partial charge in [-0.3, -0.25) is 0 Å². The van der Waals surface area contributed by atoms with Crippen molar-refractivity contribution in [2.24, 2.45) is 0 Å². The first kappa shape index (κ1) is 14.5. The van der Waals surface area contributed by atoms with Crippen LogP contribution in [0.3, 0.4) is 0 Å². The van der Waals surface area contributed by atoms with Crippen molar-refractivity contribution in [3.63, 3.8) is 0 Å². The first-order valence-corrected chi connectivity index (χ1v) is 7.50. The highest BCUT2D eigenvalue weighted by Crippen LogP contribution is 2.29. The van der Waals surface area contributed by atoms with E-state index in [2.05, 4.69) is 63.2 Å². The Morgan fingerprint density at radius 2 is 1.79 bits per heavy atom. The third kappa shape index (κ3) is 3.57. The zero-order valence-electron chi connectivity index (χ0n) is 10.7. The summed E-state index contributed by atoms with van der Waals surface area (Å²) in [6.07, 6.45) is 0. The summed E-state index contributed by atoms with van der Waals surface area (Å²) >= 11 is 6.99. The minimum Gasteiger partial charge on any atom is -0.380 e. The van der Waals surface area contributed by atoms with Crippen molar-refractivity contribution >= 4 is 37.5 Å². The Morgan fingerprint density at radius 3 is 2.47 bits per heavy atom. The molecule has 0 saturated carbocycles. The van der Waals surface area contributed by atoms with E-state index in [0.717, 1.165) is 20.2 Å². The van der Waals surface area contributed by atoms with Crippen LogP contribution in [0.1, 0.15) is 16.7 Å². The van der Waals surface area contributed by atoms with Crippen molar-refractivity contribution in [2.45, 2.75) is 20.4 Å². The van der Waals surface area contributed by atoms with Crippen LogP contribution < -0.4 is 5.32 Å². The van der Waals surface area contributed by atoms with Crippen LogP contribution >= 0.6 is 31.9 Å². The second kappa shape index (κ2) is 6.06. The van der Waals surface area contributed by atoms with Crippen molar-refractivity contribution in [1.82, 2.24) is 0 Å². The lowest BCUT2D eigenvalue weighted by Gasteiger charge is -2.13. The second-order valence-corrected chi connectivity index (χ2v) is 6.24. The Kier molecular flexibility index (Phi) is 4.63. The summed E-state index contributed by atoms with van der Waals surface area (Å²) in [5.41, 5.74) is 4.31. The van der Waals surface area contributed by atoms with Crippen LogP contribution in [0.2, 0.25) is 0 Å². The summed E-state index contributed by atoms with van der Waals surface area (Å²) in [5.74, 6) is -0.223. The van der Waals surface area contributed by atoms with Crippen molar-refractivity contribution in [1.29, 1.82) is 0 Å². The Hall–Kier alpha value is -0.870. The van der Waals surface area contributed by atoms with Crippen LogP contribution in [0.5, 0.6) is 0 Å². The number of halogens is 3. The smallest absolute Gasteiger partial charge is 0.123 e. The molecule has 1 N–H and O–H groups in total. The normalized spacial score (nSPS) is 10.6. The van der Waals surface area contributed by atoms with Crippen molar-refractivity contribution in [2.75, 3.05) is 5.32 Å². The van der Waals surface area contributed by atoms with Gasteiger partial charge in [-0.15, -0.1) is 0 Å². The van der Waals surface area contributed by atoms with Crippen molar-refractivity contribution in [3.05, 3.63) is 61.8 Å². The molecule has 0 heterocycles. The summed E-state index contributed by atoms with van der Waals surface area (Å²) in [4.78, 5) is 0. The molecular weight excluding hydrogens is 373 g/mol. The number of nitrogens with one attached hydrogen (secondary N) is 1. The minimum atomic E-state index is -0.223. The second-order valence-electron chi connectivity index (χ2n) is 4.53. The standard InChI is InChI=1S/C15H14Br2FN/c1-9-5-10(2)15(14(17)6-9)19-8-11-7-12(18)3-4-13(11)16/h3-7,19H,8H2,1-2H3. The molecule has 0 atom stereocenters. The Balaban J connectivity index is 2.21. The van der Waals surface area contributed by atoms with E-state index in [0.29, 0.717) is 6.54 Å². The van der Waals surface area contributed by atoms with Crippen LogP contribution in [0.4, 0.5) is 10.1 Å². The zero-order chi connectivity index (χ0) is 14.0. The van der Waals surface area contributed by atoms with E-state index < -0.39 is 0 Å². The highest BCUT2D eigenvalue weighted by atomic mass is 79.9. The van der Waals surface area contributed by atoms with Crippen LogP contribution in [0.15, 0.2) is 39.3 Å². The van der Waals surface area contributed by atoms with Gasteiger partial charge < -0.3 is 5.32 Å². The predicted molar refractivity (Wildman–Crippen MR) is 85.0 cm³/mol. The van der Waals surface area contributed by atoms with Gasteiger partial charge in [0.1, 0.15) is 5.82 Å². The Bertz CT molecular complexity index is 588. The number of aryl methyl sites for hydroxylation is 2. The van der Waals surface area contributed by atoms with Gasteiger partial charge in [-0.2, -0.15) is 0 Å². The number of anilines is 1. The largest absolute Gasteiger partial charge is 0.380 e. The van der Waals surface area contributed by atoms with Gasteiger partial charge in [0.2, 0.25) is 0 Å². The predicted octanol–water partition coefficient (Wildman–Crippen LogP) is 5.58. The fraction of sp³-hybridized carbons (Fsp3) is 0.200. The summed E-state index contributed by atoms with van der Waals surface area (Å²) in [5, 5.41) is 3.35. The number of rotatable bonds is 3. The van der Waals surface area contributed by atoms with E-state index in [1.54, 1.807) is 6.07 Å². The molecule has 0 radical (unpaired) electrons. The molecule has 0 saturated heterocycles. The van der Waals surface area contributed by atoms with Gasteiger partial charge in [0, 0.05) is 15.5 Å². The third-order valence-corrected chi connectivity index (χ3v) is 4.29. The van der Waals surface area contributed by atoms with Crippen LogP contribution in [0.25, 0.3) is 0 Å². The SMILES string of the molecule is Cc1cc(C)c(NCc2cc(F)ccc2Br)c(Br)c1. The van der Waals surface area contributed by atoms with E-state index in [1.807, 2.05) is 0 Å². The van der Waals surface area contributed by atoms with Gasteiger partial charge in [0.25, 0.3) is 0 Å². The molecule has 100 valence electrons. The molecule has 0 unspecified atom stereocenters. The number of hydrogen-bond donors (Lipinski definition) is 1.